The third-order valence-corrected chi connectivity index (χ3v) is 4.77. The summed E-state index contributed by atoms with van der Waals surface area (Å²) in [6.07, 6.45) is 1.18. The first-order chi connectivity index (χ1) is 10.5. The van der Waals surface area contributed by atoms with Crippen molar-refractivity contribution in [2.45, 2.75) is 26.3 Å². The van der Waals surface area contributed by atoms with Crippen LogP contribution in [-0.4, -0.2) is 55.7 Å². The molecule has 0 spiro atoms. The van der Waals surface area contributed by atoms with Crippen molar-refractivity contribution in [2.24, 2.45) is 5.41 Å². The standard InChI is InChI=1S/C18H27FN2O/c1-18(2,13-20-9-11-22-12-10-20)14-21-8-7-17(21)15-3-5-16(19)6-4-15/h3-6,17H,7-14H2,1-2H3/t17-/m1/s1. The van der Waals surface area contributed by atoms with Crippen molar-refractivity contribution in [3.05, 3.63) is 35.6 Å². The van der Waals surface area contributed by atoms with Crippen LogP contribution in [0.3, 0.4) is 0 Å². The maximum absolute atomic E-state index is 13.1. The van der Waals surface area contributed by atoms with Gasteiger partial charge in [-0.25, -0.2) is 4.39 Å². The van der Waals surface area contributed by atoms with Crippen LogP contribution in [-0.2, 0) is 4.74 Å². The average Bonchev–Trinajstić information content (AvgIpc) is 2.47. The molecule has 3 rings (SSSR count). The topological polar surface area (TPSA) is 15.7 Å². The van der Waals surface area contributed by atoms with Crippen molar-refractivity contribution >= 4 is 0 Å². The third kappa shape index (κ3) is 3.86. The normalized spacial score (nSPS) is 24.2. The number of halogens is 1. The summed E-state index contributed by atoms with van der Waals surface area (Å²) in [5, 5.41) is 0. The van der Waals surface area contributed by atoms with Crippen LogP contribution in [0.15, 0.2) is 24.3 Å². The van der Waals surface area contributed by atoms with Crippen LogP contribution in [0.2, 0.25) is 0 Å². The van der Waals surface area contributed by atoms with Crippen LogP contribution in [0, 0.1) is 11.2 Å². The number of benzene rings is 1. The summed E-state index contributed by atoms with van der Waals surface area (Å²) in [6, 6.07) is 7.47. The Morgan fingerprint density at radius 2 is 1.77 bits per heavy atom. The Kier molecular flexibility index (Phi) is 4.81. The first-order valence-corrected chi connectivity index (χ1v) is 8.33. The summed E-state index contributed by atoms with van der Waals surface area (Å²) in [6.45, 7) is 11.9. The van der Waals surface area contributed by atoms with Gasteiger partial charge in [0.25, 0.3) is 0 Å². The maximum Gasteiger partial charge on any atom is 0.123 e. The van der Waals surface area contributed by atoms with E-state index in [0.29, 0.717) is 6.04 Å². The van der Waals surface area contributed by atoms with E-state index in [1.54, 1.807) is 12.1 Å². The molecule has 0 aliphatic carbocycles. The molecule has 0 N–H and O–H groups in total. The smallest absolute Gasteiger partial charge is 0.123 e. The fraction of sp³-hybridized carbons (Fsp3) is 0.667. The fourth-order valence-corrected chi connectivity index (χ4v) is 3.66. The molecule has 122 valence electrons. The molecule has 22 heavy (non-hydrogen) atoms. The first kappa shape index (κ1) is 15.9. The average molecular weight is 306 g/mol. The molecule has 2 aliphatic heterocycles. The molecule has 2 heterocycles. The van der Waals surface area contributed by atoms with E-state index in [9.17, 15) is 4.39 Å². The van der Waals surface area contributed by atoms with Crippen LogP contribution < -0.4 is 0 Å². The summed E-state index contributed by atoms with van der Waals surface area (Å²) in [4.78, 5) is 5.05. The molecule has 2 saturated heterocycles. The lowest BCUT2D eigenvalue weighted by Crippen LogP contribution is -2.50. The highest BCUT2D eigenvalue weighted by Gasteiger charge is 2.34. The predicted octanol–water partition coefficient (Wildman–Crippen LogP) is 2.93. The molecule has 0 bridgehead atoms. The number of rotatable bonds is 5. The molecule has 2 fully saturated rings. The molecular weight excluding hydrogens is 279 g/mol. The van der Waals surface area contributed by atoms with Crippen LogP contribution in [0.5, 0.6) is 0 Å². The van der Waals surface area contributed by atoms with Gasteiger partial charge in [-0.05, 0) is 29.5 Å². The van der Waals surface area contributed by atoms with Gasteiger partial charge in [0.15, 0.2) is 0 Å². The molecule has 0 saturated carbocycles. The molecule has 4 heteroatoms. The first-order valence-electron chi connectivity index (χ1n) is 8.33. The molecule has 0 radical (unpaired) electrons. The lowest BCUT2D eigenvalue weighted by molar-refractivity contribution is -0.00251. The largest absolute Gasteiger partial charge is 0.379 e. The number of morpholine rings is 1. The van der Waals surface area contributed by atoms with Gasteiger partial charge < -0.3 is 4.74 Å². The van der Waals surface area contributed by atoms with Gasteiger partial charge >= 0.3 is 0 Å². The van der Waals surface area contributed by atoms with Crippen molar-refractivity contribution in [3.63, 3.8) is 0 Å². The molecule has 0 unspecified atom stereocenters. The van der Waals surface area contributed by atoms with Gasteiger partial charge in [0.05, 0.1) is 13.2 Å². The fourth-order valence-electron chi connectivity index (χ4n) is 3.66. The molecular formula is C18H27FN2O. The van der Waals surface area contributed by atoms with E-state index in [1.807, 2.05) is 12.1 Å². The molecule has 0 amide bonds. The predicted molar refractivity (Wildman–Crippen MR) is 86.4 cm³/mol. The van der Waals surface area contributed by atoms with Crippen molar-refractivity contribution in [1.29, 1.82) is 0 Å². The van der Waals surface area contributed by atoms with Gasteiger partial charge in [-0.1, -0.05) is 26.0 Å². The van der Waals surface area contributed by atoms with E-state index in [1.165, 1.54) is 12.0 Å². The summed E-state index contributed by atoms with van der Waals surface area (Å²) in [7, 11) is 0. The van der Waals surface area contributed by atoms with Gasteiger partial charge in [0, 0.05) is 38.8 Å². The zero-order valence-electron chi connectivity index (χ0n) is 13.7. The minimum atomic E-state index is -0.151. The van der Waals surface area contributed by atoms with Crippen LogP contribution >= 0.6 is 0 Å². The van der Waals surface area contributed by atoms with Gasteiger partial charge in [0.1, 0.15) is 5.82 Å². The Morgan fingerprint density at radius 3 is 2.36 bits per heavy atom. The highest BCUT2D eigenvalue weighted by atomic mass is 19.1. The van der Waals surface area contributed by atoms with Crippen molar-refractivity contribution in [2.75, 3.05) is 45.9 Å². The number of likely N-dealkylation sites (tertiary alicyclic amines) is 1. The number of nitrogens with zero attached hydrogens (tertiary/aromatic N) is 2. The molecule has 1 aromatic rings. The number of ether oxygens (including phenoxy) is 1. The molecule has 1 atom stereocenters. The van der Waals surface area contributed by atoms with Crippen molar-refractivity contribution in [1.82, 2.24) is 9.80 Å². The van der Waals surface area contributed by atoms with E-state index < -0.39 is 0 Å². The van der Waals surface area contributed by atoms with E-state index in [2.05, 4.69) is 23.6 Å². The van der Waals surface area contributed by atoms with E-state index >= 15 is 0 Å². The Hall–Kier alpha value is -0.970. The van der Waals surface area contributed by atoms with Gasteiger partial charge in [0.2, 0.25) is 0 Å². The van der Waals surface area contributed by atoms with Crippen LogP contribution in [0.25, 0.3) is 0 Å². The Balaban J connectivity index is 1.56. The zero-order chi connectivity index (χ0) is 15.6. The van der Waals surface area contributed by atoms with Gasteiger partial charge in [-0.3, -0.25) is 9.80 Å². The quantitative estimate of drug-likeness (QED) is 0.832. The van der Waals surface area contributed by atoms with Crippen molar-refractivity contribution < 1.29 is 9.13 Å². The van der Waals surface area contributed by atoms with E-state index in [4.69, 9.17) is 4.74 Å². The second-order valence-electron chi connectivity index (χ2n) is 7.38. The summed E-state index contributed by atoms with van der Waals surface area (Å²) < 4.78 is 18.5. The number of hydrogen-bond acceptors (Lipinski definition) is 3. The Labute approximate surface area is 133 Å². The van der Waals surface area contributed by atoms with Gasteiger partial charge in [-0.15, -0.1) is 0 Å². The lowest BCUT2D eigenvalue weighted by Gasteiger charge is -2.46. The Bertz CT molecular complexity index is 482. The molecule has 0 aromatic heterocycles. The number of hydrogen-bond donors (Lipinski definition) is 0. The summed E-state index contributed by atoms with van der Waals surface area (Å²) in [5.74, 6) is -0.151. The Morgan fingerprint density at radius 1 is 1.09 bits per heavy atom. The maximum atomic E-state index is 13.1. The van der Waals surface area contributed by atoms with Crippen molar-refractivity contribution in [3.8, 4) is 0 Å². The van der Waals surface area contributed by atoms with Crippen LogP contribution in [0.4, 0.5) is 4.39 Å². The molecule has 3 nitrogen and oxygen atoms in total. The van der Waals surface area contributed by atoms with Gasteiger partial charge in [-0.2, -0.15) is 0 Å². The second kappa shape index (κ2) is 6.65. The minimum Gasteiger partial charge on any atom is -0.379 e. The zero-order valence-corrected chi connectivity index (χ0v) is 13.7. The SMILES string of the molecule is CC(C)(CN1CCOCC1)CN1CC[C@@H]1c1ccc(F)cc1. The monoisotopic (exact) mass is 306 g/mol. The summed E-state index contributed by atoms with van der Waals surface area (Å²) >= 11 is 0. The highest BCUT2D eigenvalue weighted by Crippen LogP contribution is 2.36. The lowest BCUT2D eigenvalue weighted by atomic mass is 9.86. The summed E-state index contributed by atoms with van der Waals surface area (Å²) in [5.41, 5.74) is 1.51. The molecule has 2 aliphatic rings. The second-order valence-corrected chi connectivity index (χ2v) is 7.38. The van der Waals surface area contributed by atoms with E-state index in [0.717, 1.165) is 45.9 Å². The minimum absolute atomic E-state index is 0.151. The molecule has 1 aromatic carbocycles. The highest BCUT2D eigenvalue weighted by molar-refractivity contribution is 5.22. The third-order valence-electron chi connectivity index (χ3n) is 4.77. The van der Waals surface area contributed by atoms with E-state index in [-0.39, 0.29) is 11.2 Å². The van der Waals surface area contributed by atoms with Crippen LogP contribution in [0.1, 0.15) is 31.9 Å².